The number of hydrogen-bond donors (Lipinski definition) is 2. The predicted octanol–water partition coefficient (Wildman–Crippen LogP) is -0.795. The first-order chi connectivity index (χ1) is 6.78. The molecule has 7 heteroatoms. The number of nitrogens with two attached hydrogens (primary N) is 1. The minimum atomic E-state index is -3.36. The van der Waals surface area contributed by atoms with E-state index in [0.29, 0.717) is 0 Å². The topological polar surface area (TPSA) is 98.5 Å². The van der Waals surface area contributed by atoms with Crippen LogP contribution in [0.5, 0.6) is 0 Å². The van der Waals surface area contributed by atoms with E-state index in [9.17, 15) is 13.2 Å². The Balaban J connectivity index is 4.10. The van der Waals surface area contributed by atoms with Crippen LogP contribution in [0.15, 0.2) is 0 Å². The zero-order valence-electron chi connectivity index (χ0n) is 9.19. The monoisotopic (exact) mass is 238 g/mol. The molecule has 3 N–H and O–H groups in total. The number of ether oxygens (including phenoxy) is 1. The van der Waals surface area contributed by atoms with Gasteiger partial charge in [0.2, 0.25) is 10.0 Å². The Morgan fingerprint density at radius 1 is 1.47 bits per heavy atom. The lowest BCUT2D eigenvalue weighted by atomic mass is 10.2. The summed E-state index contributed by atoms with van der Waals surface area (Å²) in [5.41, 5.74) is 5.40. The highest BCUT2D eigenvalue weighted by Gasteiger charge is 2.18. The van der Waals surface area contributed by atoms with Crippen molar-refractivity contribution in [2.45, 2.75) is 32.4 Å². The van der Waals surface area contributed by atoms with E-state index < -0.39 is 22.0 Å². The molecule has 0 aromatic rings. The first-order valence-electron chi connectivity index (χ1n) is 4.62. The Kier molecular flexibility index (Phi) is 5.77. The average molecular weight is 238 g/mol. The molecule has 0 heterocycles. The molecule has 0 aliphatic rings. The summed E-state index contributed by atoms with van der Waals surface area (Å²) in [6.07, 6.45) is 0.0503. The fourth-order valence-electron chi connectivity index (χ4n) is 0.969. The lowest BCUT2D eigenvalue weighted by Crippen LogP contribution is -2.37. The largest absolute Gasteiger partial charge is 0.468 e. The van der Waals surface area contributed by atoms with E-state index in [2.05, 4.69) is 9.46 Å². The first kappa shape index (κ1) is 14.3. The summed E-state index contributed by atoms with van der Waals surface area (Å²) in [4.78, 5) is 10.9. The van der Waals surface area contributed by atoms with E-state index in [1.54, 1.807) is 13.8 Å². The Bertz CT molecular complexity index is 300. The molecule has 0 aromatic carbocycles. The fraction of sp³-hybridized carbons (Fsp3) is 0.875. The molecule has 0 amide bonds. The molecular formula is C8H18N2O4S. The molecule has 90 valence electrons. The molecule has 0 aliphatic heterocycles. The van der Waals surface area contributed by atoms with Crippen molar-refractivity contribution in [2.75, 3.05) is 12.9 Å². The summed E-state index contributed by atoms with van der Waals surface area (Å²) in [5, 5.41) is 0. The van der Waals surface area contributed by atoms with Gasteiger partial charge in [0.25, 0.3) is 0 Å². The smallest absolute Gasteiger partial charge is 0.322 e. The van der Waals surface area contributed by atoms with Crippen molar-refractivity contribution in [2.24, 2.45) is 5.73 Å². The molecule has 0 fully saturated rings. The average Bonchev–Trinajstić information content (AvgIpc) is 2.11. The first-order valence-corrected chi connectivity index (χ1v) is 6.27. The van der Waals surface area contributed by atoms with Crippen molar-refractivity contribution >= 4 is 16.0 Å². The van der Waals surface area contributed by atoms with E-state index in [0.717, 1.165) is 0 Å². The van der Waals surface area contributed by atoms with Gasteiger partial charge in [-0.25, -0.2) is 13.1 Å². The number of hydrogen-bond acceptors (Lipinski definition) is 5. The normalized spacial score (nSPS) is 13.9. The molecule has 0 radical (unpaired) electrons. The van der Waals surface area contributed by atoms with Gasteiger partial charge in [0.05, 0.1) is 12.9 Å². The van der Waals surface area contributed by atoms with Crippen LogP contribution in [-0.2, 0) is 19.6 Å². The van der Waals surface area contributed by atoms with Crippen molar-refractivity contribution in [3.8, 4) is 0 Å². The molecule has 0 bridgehead atoms. The zero-order chi connectivity index (χ0) is 12.1. The van der Waals surface area contributed by atoms with Crippen molar-refractivity contribution < 1.29 is 17.9 Å². The highest BCUT2D eigenvalue weighted by molar-refractivity contribution is 7.89. The minimum Gasteiger partial charge on any atom is -0.468 e. The second kappa shape index (κ2) is 6.04. The van der Waals surface area contributed by atoms with Gasteiger partial charge in [-0.1, -0.05) is 0 Å². The number of esters is 1. The van der Waals surface area contributed by atoms with Gasteiger partial charge in [0.1, 0.15) is 6.04 Å². The molecule has 0 spiro atoms. The maximum atomic E-state index is 11.3. The standard InChI is InChI=1S/C8H18N2O4S/c1-6(2)10-15(12,13)5-4-7(9)8(11)14-3/h6-7,10H,4-5,9H2,1-3H3/t7-/m1/s1. The second-order valence-corrected chi connectivity index (χ2v) is 5.38. The van der Waals surface area contributed by atoms with E-state index in [-0.39, 0.29) is 18.2 Å². The van der Waals surface area contributed by atoms with Crippen LogP contribution in [0.3, 0.4) is 0 Å². The molecule has 0 saturated heterocycles. The Morgan fingerprint density at radius 2 is 2.00 bits per heavy atom. The van der Waals surface area contributed by atoms with E-state index in [1.165, 1.54) is 7.11 Å². The highest BCUT2D eigenvalue weighted by atomic mass is 32.2. The Morgan fingerprint density at radius 3 is 2.40 bits per heavy atom. The summed E-state index contributed by atoms with van der Waals surface area (Å²) < 4.78 is 29.5. The van der Waals surface area contributed by atoms with Gasteiger partial charge < -0.3 is 10.5 Å². The zero-order valence-corrected chi connectivity index (χ0v) is 10.0. The minimum absolute atomic E-state index is 0.0503. The fourth-order valence-corrected chi connectivity index (χ4v) is 2.37. The molecular weight excluding hydrogens is 220 g/mol. The summed E-state index contributed by atoms with van der Waals surface area (Å²) in [5.74, 6) is -0.781. The number of methoxy groups -OCH3 is 1. The molecule has 6 nitrogen and oxygen atoms in total. The number of carbonyl (C=O) groups is 1. The van der Waals surface area contributed by atoms with E-state index in [1.807, 2.05) is 0 Å². The SMILES string of the molecule is COC(=O)[C@H](N)CCS(=O)(=O)NC(C)C. The molecule has 15 heavy (non-hydrogen) atoms. The van der Waals surface area contributed by atoms with E-state index in [4.69, 9.17) is 5.73 Å². The Hall–Kier alpha value is -0.660. The van der Waals surface area contributed by atoms with Gasteiger partial charge in [-0.15, -0.1) is 0 Å². The lowest BCUT2D eigenvalue weighted by Gasteiger charge is -2.11. The van der Waals surface area contributed by atoms with Crippen molar-refractivity contribution in [3.63, 3.8) is 0 Å². The maximum Gasteiger partial charge on any atom is 0.322 e. The lowest BCUT2D eigenvalue weighted by molar-refractivity contribution is -0.142. The highest BCUT2D eigenvalue weighted by Crippen LogP contribution is 1.97. The summed E-state index contributed by atoms with van der Waals surface area (Å²) in [6, 6.07) is -1.05. The molecule has 0 aliphatic carbocycles. The van der Waals surface area contributed by atoms with Gasteiger partial charge in [0.15, 0.2) is 0 Å². The second-order valence-electron chi connectivity index (χ2n) is 3.51. The predicted molar refractivity (Wildman–Crippen MR) is 56.7 cm³/mol. The third-order valence-electron chi connectivity index (χ3n) is 1.62. The van der Waals surface area contributed by atoms with Crippen molar-refractivity contribution in [1.82, 2.24) is 4.72 Å². The molecule has 1 atom stereocenters. The Labute approximate surface area is 90.2 Å². The van der Waals surface area contributed by atoms with Crippen LogP contribution in [0.2, 0.25) is 0 Å². The third kappa shape index (κ3) is 6.43. The van der Waals surface area contributed by atoms with Crippen LogP contribution in [0.1, 0.15) is 20.3 Å². The molecule has 0 saturated carbocycles. The number of rotatable bonds is 6. The van der Waals surface area contributed by atoms with Crippen LogP contribution < -0.4 is 10.5 Å². The van der Waals surface area contributed by atoms with E-state index >= 15 is 0 Å². The molecule has 0 unspecified atom stereocenters. The van der Waals surface area contributed by atoms with Crippen LogP contribution in [-0.4, -0.2) is 39.3 Å². The number of nitrogens with one attached hydrogen (secondary N) is 1. The van der Waals surface area contributed by atoms with Gasteiger partial charge in [0, 0.05) is 6.04 Å². The van der Waals surface area contributed by atoms with Crippen LogP contribution >= 0.6 is 0 Å². The summed E-state index contributed by atoms with van der Waals surface area (Å²) >= 11 is 0. The quantitative estimate of drug-likeness (QED) is 0.591. The molecule has 0 rings (SSSR count). The van der Waals surface area contributed by atoms with Crippen LogP contribution in [0, 0.1) is 0 Å². The van der Waals surface area contributed by atoms with Crippen molar-refractivity contribution in [3.05, 3.63) is 0 Å². The van der Waals surface area contributed by atoms with Gasteiger partial charge >= 0.3 is 5.97 Å². The number of sulfonamides is 1. The molecule has 0 aromatic heterocycles. The summed E-state index contributed by atoms with van der Waals surface area (Å²) in [6.45, 7) is 3.44. The van der Waals surface area contributed by atoms with Crippen LogP contribution in [0.4, 0.5) is 0 Å². The van der Waals surface area contributed by atoms with Crippen molar-refractivity contribution in [1.29, 1.82) is 0 Å². The van der Waals surface area contributed by atoms with Gasteiger partial charge in [-0.2, -0.15) is 0 Å². The van der Waals surface area contributed by atoms with Gasteiger partial charge in [-0.05, 0) is 20.3 Å². The third-order valence-corrected chi connectivity index (χ3v) is 3.22. The van der Waals surface area contributed by atoms with Crippen LogP contribution in [0.25, 0.3) is 0 Å². The van der Waals surface area contributed by atoms with Gasteiger partial charge in [-0.3, -0.25) is 4.79 Å². The number of carbonyl (C=O) groups excluding carboxylic acids is 1. The summed E-state index contributed by atoms with van der Waals surface area (Å²) in [7, 11) is -2.14. The maximum absolute atomic E-state index is 11.3.